The zero-order valence-electron chi connectivity index (χ0n) is 10.2. The van der Waals surface area contributed by atoms with Crippen LogP contribution in [0.5, 0.6) is 0 Å². The maximum atomic E-state index is 10.6. The van der Waals surface area contributed by atoms with Crippen molar-refractivity contribution in [3.8, 4) is 0 Å². The van der Waals surface area contributed by atoms with Gasteiger partial charge in [0.05, 0.1) is 9.40 Å². The first kappa shape index (κ1) is 13.9. The highest BCUT2D eigenvalue weighted by atomic mass is 79.9. The molecule has 0 spiro atoms. The molecule has 0 atom stereocenters. The van der Waals surface area contributed by atoms with Crippen molar-refractivity contribution in [3.05, 3.63) is 26.9 Å². The summed E-state index contributed by atoms with van der Waals surface area (Å²) in [5, 5.41) is 10.6. The second-order valence-corrected chi connectivity index (χ2v) is 4.69. The van der Waals surface area contributed by atoms with Crippen molar-refractivity contribution in [1.82, 2.24) is 4.98 Å². The van der Waals surface area contributed by atoms with Crippen LogP contribution in [0, 0.1) is 10.1 Å². The molecule has 1 aromatic heterocycles. The molecule has 1 heterocycles. The largest absolute Gasteiger partial charge is 0.356 e. The third-order valence-electron chi connectivity index (χ3n) is 2.84. The number of nitro groups is 1. The minimum absolute atomic E-state index is 0.00132. The number of rotatable bonds is 5. The number of aromatic nitrogens is 1. The van der Waals surface area contributed by atoms with Gasteiger partial charge in [0.15, 0.2) is 0 Å². The number of halogens is 1. The number of nitrogens with zero attached hydrogens (tertiary/aromatic N) is 3. The highest BCUT2D eigenvalue weighted by molar-refractivity contribution is 9.10. The molecule has 0 radical (unpaired) electrons. The molecule has 0 fully saturated rings. The lowest BCUT2D eigenvalue weighted by atomic mass is 10.1. The van der Waals surface area contributed by atoms with Crippen LogP contribution < -0.4 is 4.90 Å². The second-order valence-electron chi connectivity index (χ2n) is 3.84. The van der Waals surface area contributed by atoms with Gasteiger partial charge in [0.25, 0.3) is 5.69 Å². The summed E-state index contributed by atoms with van der Waals surface area (Å²) in [6.07, 6.45) is 3.31. The van der Waals surface area contributed by atoms with Crippen LogP contribution in [0.25, 0.3) is 0 Å². The molecule has 0 saturated heterocycles. The molecule has 0 amide bonds. The molecule has 0 aromatic carbocycles. The monoisotopic (exact) mass is 301 g/mol. The van der Waals surface area contributed by atoms with Crippen molar-refractivity contribution >= 4 is 27.4 Å². The Morgan fingerprint density at radius 1 is 1.53 bits per heavy atom. The molecule has 5 nitrogen and oxygen atoms in total. The van der Waals surface area contributed by atoms with Crippen molar-refractivity contribution in [3.63, 3.8) is 0 Å². The molecular weight excluding hydrogens is 286 g/mol. The molecular formula is C11H16BrN3O2. The zero-order valence-corrected chi connectivity index (χ0v) is 11.8. The summed E-state index contributed by atoms with van der Waals surface area (Å²) < 4.78 is 0.654. The van der Waals surface area contributed by atoms with E-state index in [0.717, 1.165) is 18.7 Å². The van der Waals surface area contributed by atoms with Gasteiger partial charge in [0, 0.05) is 19.2 Å². The predicted octanol–water partition coefficient (Wildman–Crippen LogP) is 3.38. The SMILES string of the molecule is CCC(CC)N(C)c1ncc([N+](=O)[O-])cc1Br. The number of anilines is 1. The van der Waals surface area contributed by atoms with Gasteiger partial charge >= 0.3 is 0 Å². The van der Waals surface area contributed by atoms with E-state index >= 15 is 0 Å². The second kappa shape index (κ2) is 5.95. The van der Waals surface area contributed by atoms with Gasteiger partial charge in [-0.15, -0.1) is 0 Å². The smallest absolute Gasteiger partial charge is 0.288 e. The lowest BCUT2D eigenvalue weighted by Crippen LogP contribution is -2.31. The minimum atomic E-state index is -0.446. The summed E-state index contributed by atoms with van der Waals surface area (Å²) in [5.74, 6) is 0.740. The molecule has 0 saturated carbocycles. The van der Waals surface area contributed by atoms with Crippen molar-refractivity contribution in [2.24, 2.45) is 0 Å². The van der Waals surface area contributed by atoms with Gasteiger partial charge in [-0.3, -0.25) is 10.1 Å². The third kappa shape index (κ3) is 3.15. The van der Waals surface area contributed by atoms with E-state index in [1.54, 1.807) is 0 Å². The molecule has 6 heteroatoms. The van der Waals surface area contributed by atoms with E-state index in [2.05, 4.69) is 34.8 Å². The Kier molecular flexibility index (Phi) is 4.86. The number of hydrogen-bond donors (Lipinski definition) is 0. The topological polar surface area (TPSA) is 59.3 Å². The van der Waals surface area contributed by atoms with Crippen LogP contribution in [-0.4, -0.2) is 23.0 Å². The third-order valence-corrected chi connectivity index (χ3v) is 3.43. The molecule has 17 heavy (non-hydrogen) atoms. The first-order valence-corrected chi connectivity index (χ1v) is 6.33. The van der Waals surface area contributed by atoms with E-state index in [1.165, 1.54) is 12.3 Å². The number of pyridine rings is 1. The van der Waals surface area contributed by atoms with Gasteiger partial charge in [-0.05, 0) is 28.8 Å². The van der Waals surface area contributed by atoms with Gasteiger partial charge in [-0.2, -0.15) is 0 Å². The summed E-state index contributed by atoms with van der Waals surface area (Å²) in [7, 11) is 1.95. The average Bonchev–Trinajstić information content (AvgIpc) is 2.30. The van der Waals surface area contributed by atoms with E-state index in [9.17, 15) is 10.1 Å². The summed E-state index contributed by atoms with van der Waals surface area (Å²) in [5.41, 5.74) is -0.00132. The fraction of sp³-hybridized carbons (Fsp3) is 0.545. The summed E-state index contributed by atoms with van der Waals surface area (Å²) in [6, 6.07) is 1.88. The molecule has 94 valence electrons. The molecule has 0 aliphatic rings. The average molecular weight is 302 g/mol. The minimum Gasteiger partial charge on any atom is -0.356 e. The summed E-state index contributed by atoms with van der Waals surface area (Å²) in [6.45, 7) is 4.23. The van der Waals surface area contributed by atoms with E-state index in [1.807, 2.05) is 11.9 Å². The van der Waals surface area contributed by atoms with Crippen LogP contribution in [0.15, 0.2) is 16.7 Å². The van der Waals surface area contributed by atoms with Crippen LogP contribution in [0.2, 0.25) is 0 Å². The van der Waals surface area contributed by atoms with Crippen molar-refractivity contribution < 1.29 is 4.92 Å². The fourth-order valence-electron chi connectivity index (χ4n) is 1.79. The number of hydrogen-bond acceptors (Lipinski definition) is 4. The van der Waals surface area contributed by atoms with E-state index < -0.39 is 4.92 Å². The molecule has 0 unspecified atom stereocenters. The lowest BCUT2D eigenvalue weighted by molar-refractivity contribution is -0.385. The van der Waals surface area contributed by atoms with E-state index in [-0.39, 0.29) is 5.69 Å². The Labute approximate surface area is 109 Å². The van der Waals surface area contributed by atoms with E-state index in [0.29, 0.717) is 10.5 Å². The molecule has 0 aliphatic carbocycles. The first-order chi connectivity index (χ1) is 8.01. The summed E-state index contributed by atoms with van der Waals surface area (Å²) in [4.78, 5) is 16.4. The maximum absolute atomic E-state index is 10.6. The highest BCUT2D eigenvalue weighted by Gasteiger charge is 2.17. The standard InChI is InChI=1S/C11H16BrN3O2/c1-4-8(5-2)14(3)11-10(12)6-9(7-13-11)15(16)17/h6-8H,4-5H2,1-3H3. The Balaban J connectivity index is 3.03. The van der Waals surface area contributed by atoms with Gasteiger partial charge in [0.1, 0.15) is 12.0 Å². The van der Waals surface area contributed by atoms with E-state index in [4.69, 9.17) is 0 Å². The van der Waals surface area contributed by atoms with Crippen molar-refractivity contribution in [2.45, 2.75) is 32.7 Å². The molecule has 1 rings (SSSR count). The van der Waals surface area contributed by atoms with Crippen LogP contribution in [-0.2, 0) is 0 Å². The Morgan fingerprint density at radius 2 is 2.12 bits per heavy atom. The van der Waals surface area contributed by atoms with Gasteiger partial charge in [-0.1, -0.05) is 13.8 Å². The van der Waals surface area contributed by atoms with Gasteiger partial charge < -0.3 is 4.90 Å². The molecule has 0 N–H and O–H groups in total. The predicted molar refractivity (Wildman–Crippen MR) is 71.4 cm³/mol. The maximum Gasteiger partial charge on any atom is 0.288 e. The molecule has 0 bridgehead atoms. The van der Waals surface area contributed by atoms with Crippen LogP contribution in [0.1, 0.15) is 26.7 Å². The fourth-order valence-corrected chi connectivity index (χ4v) is 2.41. The van der Waals surface area contributed by atoms with Gasteiger partial charge in [-0.25, -0.2) is 4.98 Å². The quantitative estimate of drug-likeness (QED) is 0.618. The lowest BCUT2D eigenvalue weighted by Gasteiger charge is -2.27. The Hall–Kier alpha value is -1.17. The normalized spacial score (nSPS) is 10.6. The van der Waals surface area contributed by atoms with Crippen molar-refractivity contribution in [2.75, 3.05) is 11.9 Å². The first-order valence-electron chi connectivity index (χ1n) is 5.54. The van der Waals surface area contributed by atoms with Crippen molar-refractivity contribution in [1.29, 1.82) is 0 Å². The molecule has 1 aromatic rings. The van der Waals surface area contributed by atoms with Crippen LogP contribution in [0.4, 0.5) is 11.5 Å². The molecule has 0 aliphatic heterocycles. The zero-order chi connectivity index (χ0) is 13.0. The Morgan fingerprint density at radius 3 is 2.53 bits per heavy atom. The van der Waals surface area contributed by atoms with Crippen LogP contribution >= 0.6 is 15.9 Å². The van der Waals surface area contributed by atoms with Gasteiger partial charge in [0.2, 0.25) is 0 Å². The van der Waals surface area contributed by atoms with Crippen LogP contribution in [0.3, 0.4) is 0 Å². The Bertz CT molecular complexity index is 408. The highest BCUT2D eigenvalue weighted by Crippen LogP contribution is 2.28. The summed E-state index contributed by atoms with van der Waals surface area (Å²) >= 11 is 3.33.